The van der Waals surface area contributed by atoms with Gasteiger partial charge in [-0.05, 0) is 69.8 Å². The Balaban J connectivity index is 1.33. The summed E-state index contributed by atoms with van der Waals surface area (Å²) in [6.07, 6.45) is 1.19. The second kappa shape index (κ2) is 10.3. The van der Waals surface area contributed by atoms with Gasteiger partial charge in [0.1, 0.15) is 6.33 Å². The molecule has 0 saturated carbocycles. The number of fused-ring (bicyclic) bond motifs is 1. The van der Waals surface area contributed by atoms with Crippen molar-refractivity contribution in [3.05, 3.63) is 66.1 Å². The summed E-state index contributed by atoms with van der Waals surface area (Å²) in [6.45, 7) is 13.3. The Bertz CT molecular complexity index is 1390. The lowest BCUT2D eigenvalue weighted by atomic mass is 10.2. The van der Waals surface area contributed by atoms with Gasteiger partial charge in [0.05, 0.1) is 5.52 Å². The average Bonchev–Trinajstić information content (AvgIpc) is 3.25. The molecule has 2 aromatic heterocycles. The van der Waals surface area contributed by atoms with E-state index in [1.165, 1.54) is 12.4 Å². The van der Waals surface area contributed by atoms with Crippen LogP contribution in [0.4, 0.5) is 26.0 Å². The summed E-state index contributed by atoms with van der Waals surface area (Å²) in [6, 6.07) is 13.0. The van der Waals surface area contributed by atoms with Crippen LogP contribution < -0.4 is 15.0 Å². The summed E-state index contributed by atoms with van der Waals surface area (Å²) >= 11 is 0. The van der Waals surface area contributed by atoms with Crippen molar-refractivity contribution in [2.45, 2.75) is 33.7 Å². The minimum Gasteiger partial charge on any atom is -0.433 e. The zero-order valence-electron chi connectivity index (χ0n) is 21.6. The molecule has 0 atom stereocenters. The van der Waals surface area contributed by atoms with E-state index in [0.717, 1.165) is 49.6 Å². The lowest BCUT2D eigenvalue weighted by molar-refractivity contribution is 0.271. The van der Waals surface area contributed by atoms with E-state index in [2.05, 4.69) is 32.0 Å². The first-order valence-corrected chi connectivity index (χ1v) is 12.7. The highest BCUT2D eigenvalue weighted by atomic mass is 19.1. The quantitative estimate of drug-likeness (QED) is 0.319. The minimum absolute atomic E-state index is 0.0439. The number of piperazine rings is 1. The van der Waals surface area contributed by atoms with E-state index in [4.69, 9.17) is 4.74 Å². The van der Waals surface area contributed by atoms with Crippen molar-refractivity contribution in [2.75, 3.05) is 42.9 Å². The number of hydrogen-bond acceptors (Lipinski definition) is 6. The highest BCUT2D eigenvalue weighted by molar-refractivity contribution is 5.84. The summed E-state index contributed by atoms with van der Waals surface area (Å²) < 4.78 is 38.2. The normalized spacial score (nSPS) is 14.5. The largest absolute Gasteiger partial charge is 0.433 e. The first kappa shape index (κ1) is 25.0. The Morgan fingerprint density at radius 3 is 2.38 bits per heavy atom. The second-order valence-corrected chi connectivity index (χ2v) is 9.60. The molecule has 0 aliphatic carbocycles. The molecule has 1 aliphatic heterocycles. The van der Waals surface area contributed by atoms with Gasteiger partial charge in [0.25, 0.3) is 5.88 Å². The number of halogens is 2. The van der Waals surface area contributed by atoms with Gasteiger partial charge in [0, 0.05) is 54.7 Å². The number of hydrogen-bond donors (Lipinski definition) is 1. The van der Waals surface area contributed by atoms with Gasteiger partial charge in [-0.15, -0.1) is 0 Å². The number of ether oxygens (including phenoxy) is 1. The molecule has 1 saturated heterocycles. The van der Waals surface area contributed by atoms with Gasteiger partial charge in [-0.1, -0.05) is 6.92 Å². The maximum atomic E-state index is 15.3. The average molecular weight is 507 g/mol. The van der Waals surface area contributed by atoms with E-state index in [1.54, 1.807) is 12.1 Å². The Hall–Kier alpha value is -3.72. The third-order valence-electron chi connectivity index (χ3n) is 6.91. The number of likely N-dealkylation sites (N-methyl/N-ethyl adjacent to an activating group) is 1. The van der Waals surface area contributed by atoms with E-state index in [9.17, 15) is 0 Å². The zero-order chi connectivity index (χ0) is 26.1. The van der Waals surface area contributed by atoms with Crippen LogP contribution in [0.3, 0.4) is 0 Å². The number of anilines is 3. The molecule has 5 rings (SSSR count). The van der Waals surface area contributed by atoms with Crippen LogP contribution in [0.1, 0.15) is 32.5 Å². The number of benzene rings is 2. The number of aryl methyl sites for hydroxylation is 1. The van der Waals surface area contributed by atoms with Crippen molar-refractivity contribution in [1.82, 2.24) is 19.4 Å². The molecule has 37 heavy (non-hydrogen) atoms. The molecule has 194 valence electrons. The van der Waals surface area contributed by atoms with Crippen molar-refractivity contribution in [1.29, 1.82) is 0 Å². The molecular weight excluding hydrogens is 474 g/mol. The number of nitrogens with one attached hydrogen (secondary N) is 1. The highest BCUT2D eigenvalue weighted by Crippen LogP contribution is 2.34. The van der Waals surface area contributed by atoms with Gasteiger partial charge in [-0.25, -0.2) is 9.37 Å². The maximum absolute atomic E-state index is 15.3. The third-order valence-corrected chi connectivity index (χ3v) is 6.91. The van der Waals surface area contributed by atoms with Gasteiger partial charge in [-0.2, -0.15) is 9.37 Å². The first-order valence-electron chi connectivity index (χ1n) is 12.7. The molecule has 1 N–H and O–H groups in total. The van der Waals surface area contributed by atoms with E-state index in [0.29, 0.717) is 11.1 Å². The molecular formula is C28H32F2N6O. The SMILES string of the molecule is CCN1CCN(c2ccc(Nc3ncnc(Oc4ccc5c(cc(C)n5C(C)C)c4F)c3F)cc2)CC1. The summed E-state index contributed by atoms with van der Waals surface area (Å²) in [4.78, 5) is 12.7. The zero-order valence-corrected chi connectivity index (χ0v) is 21.6. The summed E-state index contributed by atoms with van der Waals surface area (Å²) in [5, 5.41) is 3.41. The van der Waals surface area contributed by atoms with E-state index in [-0.39, 0.29) is 23.5 Å². The molecule has 7 nitrogen and oxygen atoms in total. The fourth-order valence-corrected chi connectivity index (χ4v) is 4.97. The van der Waals surface area contributed by atoms with Crippen LogP contribution in [0.5, 0.6) is 11.6 Å². The van der Waals surface area contributed by atoms with E-state index >= 15 is 8.78 Å². The van der Waals surface area contributed by atoms with Crippen LogP contribution in [0.25, 0.3) is 10.9 Å². The van der Waals surface area contributed by atoms with Crippen LogP contribution in [0, 0.1) is 18.6 Å². The van der Waals surface area contributed by atoms with Crippen molar-refractivity contribution in [2.24, 2.45) is 0 Å². The van der Waals surface area contributed by atoms with Crippen LogP contribution in [-0.4, -0.2) is 52.2 Å². The summed E-state index contributed by atoms with van der Waals surface area (Å²) in [5.41, 5.74) is 3.51. The fraction of sp³-hybridized carbons (Fsp3) is 0.357. The van der Waals surface area contributed by atoms with Crippen LogP contribution in [0.2, 0.25) is 0 Å². The lowest BCUT2D eigenvalue weighted by Crippen LogP contribution is -2.46. The molecule has 1 fully saturated rings. The van der Waals surface area contributed by atoms with Gasteiger partial charge < -0.3 is 24.4 Å². The van der Waals surface area contributed by atoms with Crippen LogP contribution in [0.15, 0.2) is 48.8 Å². The first-order chi connectivity index (χ1) is 17.9. The predicted molar refractivity (Wildman–Crippen MR) is 143 cm³/mol. The number of nitrogens with zero attached hydrogens (tertiary/aromatic N) is 5. The van der Waals surface area contributed by atoms with E-state index in [1.807, 2.05) is 49.6 Å². The molecule has 3 heterocycles. The molecule has 9 heteroatoms. The molecule has 2 aromatic carbocycles. The highest BCUT2D eigenvalue weighted by Gasteiger charge is 2.20. The molecule has 0 bridgehead atoms. The molecule has 0 spiro atoms. The Labute approximate surface area is 215 Å². The fourth-order valence-electron chi connectivity index (χ4n) is 4.97. The Morgan fingerprint density at radius 2 is 1.70 bits per heavy atom. The lowest BCUT2D eigenvalue weighted by Gasteiger charge is -2.35. The van der Waals surface area contributed by atoms with Gasteiger partial charge in [0.2, 0.25) is 5.82 Å². The number of rotatable bonds is 7. The van der Waals surface area contributed by atoms with Gasteiger partial charge in [-0.3, -0.25) is 0 Å². The van der Waals surface area contributed by atoms with Crippen LogP contribution in [-0.2, 0) is 0 Å². The smallest absolute Gasteiger partial charge is 0.261 e. The van der Waals surface area contributed by atoms with Crippen molar-refractivity contribution < 1.29 is 13.5 Å². The number of aromatic nitrogens is 3. The standard InChI is InChI=1S/C28H32F2N6O/c1-5-34-12-14-35(15-13-34)21-8-6-20(7-9-21)33-27-26(30)28(32-17-31-27)37-24-11-10-23-22(25(24)29)16-19(4)36(23)18(2)3/h6-11,16-18H,5,12-15H2,1-4H3,(H,31,32,33). The Morgan fingerprint density at radius 1 is 0.973 bits per heavy atom. The van der Waals surface area contributed by atoms with Crippen LogP contribution >= 0.6 is 0 Å². The van der Waals surface area contributed by atoms with Gasteiger partial charge >= 0.3 is 0 Å². The Kier molecular flexibility index (Phi) is 6.97. The molecule has 0 radical (unpaired) electrons. The second-order valence-electron chi connectivity index (χ2n) is 9.60. The van der Waals surface area contributed by atoms with Gasteiger partial charge in [0.15, 0.2) is 17.4 Å². The topological polar surface area (TPSA) is 58.4 Å². The minimum atomic E-state index is -0.794. The van der Waals surface area contributed by atoms with Crippen molar-refractivity contribution in [3.63, 3.8) is 0 Å². The molecule has 1 aliphatic rings. The summed E-state index contributed by atoms with van der Waals surface area (Å²) in [7, 11) is 0. The monoisotopic (exact) mass is 506 g/mol. The summed E-state index contributed by atoms with van der Waals surface area (Å²) in [5.74, 6) is -1.83. The molecule has 0 amide bonds. The molecule has 4 aromatic rings. The predicted octanol–water partition coefficient (Wildman–Crippen LogP) is 6.28. The third kappa shape index (κ3) is 4.96. The molecule has 0 unspecified atom stereocenters. The van der Waals surface area contributed by atoms with Crippen molar-refractivity contribution in [3.8, 4) is 11.6 Å². The van der Waals surface area contributed by atoms with E-state index < -0.39 is 11.6 Å². The maximum Gasteiger partial charge on any atom is 0.261 e. The van der Waals surface area contributed by atoms with Crippen molar-refractivity contribution >= 4 is 28.1 Å².